The first-order valence-corrected chi connectivity index (χ1v) is 10.7. The summed E-state index contributed by atoms with van der Waals surface area (Å²) in [7, 11) is -0.869. The summed E-state index contributed by atoms with van der Waals surface area (Å²) in [4.78, 5) is 34.0. The highest BCUT2D eigenvalue weighted by molar-refractivity contribution is 7.97. The number of nitrogens with two attached hydrogens (primary N) is 1. The van der Waals surface area contributed by atoms with Crippen molar-refractivity contribution in [3.05, 3.63) is 12.7 Å². The average Bonchev–Trinajstić information content (AvgIpc) is 3.22. The van der Waals surface area contributed by atoms with Crippen LogP contribution in [0.1, 0.15) is 12.6 Å². The quantitative estimate of drug-likeness (QED) is 0.267. The van der Waals surface area contributed by atoms with Gasteiger partial charge in [0, 0.05) is 6.42 Å². The van der Waals surface area contributed by atoms with E-state index >= 15 is 0 Å². The maximum atomic E-state index is 11.1. The number of anilines is 1. The van der Waals surface area contributed by atoms with Crippen LogP contribution < -0.4 is 21.7 Å². The van der Waals surface area contributed by atoms with Crippen molar-refractivity contribution in [3.63, 3.8) is 0 Å². The molecule has 1 aliphatic rings. The number of carboxylic acids is 2. The normalized spacial score (nSPS) is 26.0. The van der Waals surface area contributed by atoms with Gasteiger partial charge < -0.3 is 46.2 Å². The van der Waals surface area contributed by atoms with Crippen molar-refractivity contribution in [2.24, 2.45) is 0 Å². The molecule has 0 aromatic carbocycles. The lowest BCUT2D eigenvalue weighted by Crippen LogP contribution is -2.68. The summed E-state index contributed by atoms with van der Waals surface area (Å²) in [6.07, 6.45) is -1.87. The minimum Gasteiger partial charge on any atom is -0.545 e. The molecule has 30 heavy (non-hydrogen) atoms. The molecule has 0 radical (unpaired) electrons. The van der Waals surface area contributed by atoms with Gasteiger partial charge in [0.2, 0.25) is 0 Å². The van der Waals surface area contributed by atoms with Gasteiger partial charge in [0.25, 0.3) is 0 Å². The number of hydrogen-bond acceptors (Lipinski definition) is 11. The number of hydrogen-bond donors (Lipinski definition) is 4. The van der Waals surface area contributed by atoms with Gasteiger partial charge in [0.05, 0.1) is 18.3 Å². The van der Waals surface area contributed by atoms with Crippen LogP contribution in [0.3, 0.4) is 0 Å². The van der Waals surface area contributed by atoms with Crippen LogP contribution in [0.5, 0.6) is 0 Å². The second-order valence-corrected chi connectivity index (χ2v) is 9.19. The van der Waals surface area contributed by atoms with Gasteiger partial charge in [0.15, 0.2) is 17.7 Å². The number of nitrogen functional groups attached to an aromatic ring is 1. The number of rotatable bonds is 9. The maximum absolute atomic E-state index is 11.1. The molecule has 7 N–H and O–H groups in total. The average molecular weight is 442 g/mol. The molecule has 0 saturated carbocycles. The molecule has 6 atom stereocenters. The zero-order valence-corrected chi connectivity index (χ0v) is 16.6. The molecule has 1 fully saturated rings. The van der Waals surface area contributed by atoms with Crippen LogP contribution in [-0.2, 0) is 25.2 Å². The predicted molar refractivity (Wildman–Crippen MR) is 98.9 cm³/mol. The molecule has 0 bridgehead atoms. The van der Waals surface area contributed by atoms with Gasteiger partial charge in [-0.25, -0.2) is 15.0 Å². The van der Waals surface area contributed by atoms with Crippen molar-refractivity contribution in [1.29, 1.82) is 0 Å². The van der Waals surface area contributed by atoms with Crippen molar-refractivity contribution in [1.82, 2.24) is 19.5 Å². The summed E-state index contributed by atoms with van der Waals surface area (Å²) in [5, 5.41) is 42.9. The van der Waals surface area contributed by atoms with Gasteiger partial charge >= 0.3 is 0 Å². The fourth-order valence-corrected chi connectivity index (χ4v) is 5.31. The smallest absolute Gasteiger partial charge is 0.167 e. The van der Waals surface area contributed by atoms with Gasteiger partial charge in [-0.2, -0.15) is 0 Å². The Bertz CT molecular complexity index is 927. The summed E-state index contributed by atoms with van der Waals surface area (Å²) in [6, 6.07) is -0.989. The molecule has 0 aliphatic carbocycles. The highest BCUT2D eigenvalue weighted by Crippen LogP contribution is 2.32. The number of carbonyl (C=O) groups excluding carboxylic acids is 2. The van der Waals surface area contributed by atoms with Crippen LogP contribution in [0, 0.1) is 0 Å². The van der Waals surface area contributed by atoms with E-state index in [-0.39, 0.29) is 29.5 Å². The molecule has 14 heteroatoms. The molecule has 0 amide bonds. The Labute approximate surface area is 173 Å². The number of aliphatic carboxylic acids is 2. The van der Waals surface area contributed by atoms with E-state index in [2.05, 4.69) is 20.7 Å². The molecule has 2 aromatic rings. The highest BCUT2D eigenvalue weighted by Gasteiger charge is 2.47. The number of nitrogens with zero attached hydrogens (tertiary/aromatic N) is 4. The Morgan fingerprint density at radius 1 is 1.30 bits per heavy atom. The van der Waals surface area contributed by atoms with Crippen LogP contribution >= 0.6 is 0 Å². The van der Waals surface area contributed by atoms with Gasteiger partial charge in [-0.1, -0.05) is 0 Å². The number of carbonyl (C=O) groups is 2. The fourth-order valence-electron chi connectivity index (χ4n) is 3.19. The Hall–Kier alpha value is -2.52. The minimum absolute atomic E-state index is 0.0895. The van der Waals surface area contributed by atoms with E-state index in [0.29, 0.717) is 11.2 Å². The summed E-state index contributed by atoms with van der Waals surface area (Å²) in [5.41, 5.74) is 9.83. The molecular weight excluding hydrogens is 420 g/mol. The lowest BCUT2D eigenvalue weighted by molar-refractivity contribution is -0.437. The number of aliphatic hydroxyl groups excluding tert-OH is 2. The van der Waals surface area contributed by atoms with Crippen molar-refractivity contribution >= 4 is 39.8 Å². The van der Waals surface area contributed by atoms with E-state index < -0.39 is 53.4 Å². The minimum atomic E-state index is -1.33. The van der Waals surface area contributed by atoms with E-state index in [1.54, 1.807) is 0 Å². The van der Waals surface area contributed by atoms with Crippen molar-refractivity contribution in [3.8, 4) is 0 Å². The number of aromatic nitrogens is 4. The predicted octanol–water partition coefficient (Wildman–Crippen LogP) is -5.85. The third-order valence-electron chi connectivity index (χ3n) is 4.81. The highest BCUT2D eigenvalue weighted by atomic mass is 32.2. The molecule has 3 heterocycles. The molecule has 1 aliphatic heterocycles. The van der Waals surface area contributed by atoms with Crippen molar-refractivity contribution < 1.29 is 40.5 Å². The Morgan fingerprint density at radius 2 is 2.03 bits per heavy atom. The second-order valence-electron chi connectivity index (χ2n) is 6.93. The first-order valence-electron chi connectivity index (χ1n) is 9.01. The first-order chi connectivity index (χ1) is 14.2. The SMILES string of the molecule is Nc1ncnc2c1ncn2C1OC(C[S+](CCC([NH3+])C(=O)[O-])CC(=O)[O-])C(O)C1O. The molecule has 164 valence electrons. The number of quaternary nitrogens is 1. The summed E-state index contributed by atoms with van der Waals surface area (Å²) < 4.78 is 7.23. The zero-order chi connectivity index (χ0) is 22.0. The maximum Gasteiger partial charge on any atom is 0.167 e. The molecule has 0 spiro atoms. The third-order valence-corrected chi connectivity index (χ3v) is 7.07. The van der Waals surface area contributed by atoms with E-state index in [1.165, 1.54) is 17.2 Å². The number of carboxylic acid groups (broad SMARTS) is 2. The van der Waals surface area contributed by atoms with Crippen LogP contribution in [-0.4, -0.2) is 83.3 Å². The summed E-state index contributed by atoms with van der Waals surface area (Å²) in [6.45, 7) is 0. The van der Waals surface area contributed by atoms with E-state index in [0.717, 1.165) is 0 Å². The number of aliphatic hydroxyl groups is 2. The van der Waals surface area contributed by atoms with Crippen molar-refractivity contribution in [2.75, 3.05) is 23.0 Å². The Morgan fingerprint density at radius 3 is 2.70 bits per heavy atom. The third kappa shape index (κ3) is 4.62. The molecule has 1 saturated heterocycles. The molecule has 2 aromatic heterocycles. The Balaban J connectivity index is 1.74. The van der Waals surface area contributed by atoms with E-state index in [9.17, 15) is 30.0 Å². The lowest BCUT2D eigenvalue weighted by Gasteiger charge is -2.17. The van der Waals surface area contributed by atoms with E-state index in [1.807, 2.05) is 0 Å². The van der Waals surface area contributed by atoms with Crippen LogP contribution in [0.2, 0.25) is 0 Å². The van der Waals surface area contributed by atoms with Gasteiger partial charge in [-0.05, 0) is 10.9 Å². The second kappa shape index (κ2) is 9.09. The molecular formula is C16H22N6O7S. The van der Waals surface area contributed by atoms with E-state index in [4.69, 9.17) is 10.5 Å². The topological polar surface area (TPSA) is 227 Å². The monoisotopic (exact) mass is 442 g/mol. The van der Waals surface area contributed by atoms with Crippen LogP contribution in [0.4, 0.5) is 5.82 Å². The van der Waals surface area contributed by atoms with Gasteiger partial charge in [-0.3, -0.25) is 4.57 Å². The first kappa shape index (κ1) is 22.2. The Kier molecular flexibility index (Phi) is 6.72. The summed E-state index contributed by atoms with van der Waals surface area (Å²) >= 11 is 0. The van der Waals surface area contributed by atoms with Gasteiger partial charge in [-0.15, -0.1) is 0 Å². The number of imidazole rings is 1. The summed E-state index contributed by atoms with van der Waals surface area (Å²) in [5.74, 6) is -2.50. The number of fused-ring (bicyclic) bond motifs is 1. The molecule has 13 nitrogen and oxygen atoms in total. The standard InChI is InChI=1S/C16H22N6O7S/c17-7(16(27)28)1-2-30(4-9(23)24)3-8-11(25)12(26)15(29-8)22-6-21-10-13(18)19-5-20-14(10)22/h5-8,11-12,15,25-26H,1-4,17H2,(H3-,18,19,20,23,24,27,28). The largest absolute Gasteiger partial charge is 0.545 e. The van der Waals surface area contributed by atoms with Crippen molar-refractivity contribution in [2.45, 2.75) is 37.0 Å². The molecule has 3 rings (SSSR count). The number of ether oxygens (including phenoxy) is 1. The fraction of sp³-hybridized carbons (Fsp3) is 0.562. The van der Waals surface area contributed by atoms with Crippen LogP contribution in [0.15, 0.2) is 12.7 Å². The van der Waals surface area contributed by atoms with Crippen LogP contribution in [0.25, 0.3) is 11.2 Å². The molecule has 6 unspecified atom stereocenters. The van der Waals surface area contributed by atoms with Gasteiger partial charge in [0.1, 0.15) is 53.5 Å². The zero-order valence-electron chi connectivity index (χ0n) is 15.8. The lowest BCUT2D eigenvalue weighted by atomic mass is 10.1.